The van der Waals surface area contributed by atoms with E-state index in [1.54, 1.807) is 12.1 Å². The normalized spacial score (nSPS) is 10.4. The van der Waals surface area contributed by atoms with Gasteiger partial charge in [-0.15, -0.1) is 0 Å². The molecule has 2 aromatic carbocycles. The number of hydrogen-bond donors (Lipinski definition) is 1. The Labute approximate surface area is 148 Å². The van der Waals surface area contributed by atoms with Gasteiger partial charge in [0.2, 0.25) is 5.75 Å². The van der Waals surface area contributed by atoms with Crippen LogP contribution in [0.25, 0.3) is 0 Å². The fraction of sp³-hybridized carbons (Fsp3) is 0.235. The standard InChI is InChI=1S/C17H16ClNO6/c1-10-8-12(9-11(2)15(10)18)24-6-7-25-16-13(17(20)21)4-3-5-14(16)19(22)23/h3-5,8-9H,6-7H2,1-2H3,(H,20,21). The molecule has 0 spiro atoms. The van der Waals surface area contributed by atoms with E-state index in [4.69, 9.17) is 26.2 Å². The number of carbonyl (C=O) groups is 1. The molecule has 132 valence electrons. The van der Waals surface area contributed by atoms with Crippen molar-refractivity contribution in [3.8, 4) is 11.5 Å². The van der Waals surface area contributed by atoms with Gasteiger partial charge in [-0.1, -0.05) is 17.7 Å². The van der Waals surface area contributed by atoms with Gasteiger partial charge in [0.15, 0.2) is 0 Å². The highest BCUT2D eigenvalue weighted by atomic mass is 35.5. The van der Waals surface area contributed by atoms with E-state index in [-0.39, 0.29) is 24.5 Å². The van der Waals surface area contributed by atoms with Gasteiger partial charge >= 0.3 is 11.7 Å². The molecule has 0 amide bonds. The van der Waals surface area contributed by atoms with E-state index in [2.05, 4.69) is 0 Å². The zero-order valence-corrected chi connectivity index (χ0v) is 14.4. The van der Waals surface area contributed by atoms with Crippen molar-refractivity contribution in [3.63, 3.8) is 0 Å². The van der Waals surface area contributed by atoms with Gasteiger partial charge in [-0.3, -0.25) is 10.1 Å². The topological polar surface area (TPSA) is 98.9 Å². The second kappa shape index (κ2) is 7.85. The molecule has 0 saturated heterocycles. The fourth-order valence-electron chi connectivity index (χ4n) is 2.28. The molecular weight excluding hydrogens is 350 g/mol. The first-order valence-corrected chi connectivity index (χ1v) is 7.72. The molecule has 2 aromatic rings. The first kappa shape index (κ1) is 18.5. The molecule has 0 aliphatic rings. The maximum absolute atomic E-state index is 11.2. The molecule has 0 heterocycles. The highest BCUT2D eigenvalue weighted by molar-refractivity contribution is 6.32. The van der Waals surface area contributed by atoms with Crippen LogP contribution in [0.3, 0.4) is 0 Å². The molecule has 8 heteroatoms. The summed E-state index contributed by atoms with van der Waals surface area (Å²) in [5, 5.41) is 20.9. The van der Waals surface area contributed by atoms with E-state index in [9.17, 15) is 14.9 Å². The van der Waals surface area contributed by atoms with Gasteiger partial charge in [-0.2, -0.15) is 0 Å². The minimum absolute atomic E-state index is 0.0497. The van der Waals surface area contributed by atoms with E-state index >= 15 is 0 Å². The molecule has 0 fully saturated rings. The number of ether oxygens (including phenoxy) is 2. The molecule has 1 N–H and O–H groups in total. The highest BCUT2D eigenvalue weighted by Crippen LogP contribution is 2.31. The van der Waals surface area contributed by atoms with Gasteiger partial charge in [0.1, 0.15) is 24.5 Å². The monoisotopic (exact) mass is 365 g/mol. The van der Waals surface area contributed by atoms with Gasteiger partial charge in [-0.25, -0.2) is 4.79 Å². The SMILES string of the molecule is Cc1cc(OCCOc2c(C(=O)O)cccc2[N+](=O)[O-])cc(C)c1Cl. The zero-order chi connectivity index (χ0) is 18.6. The van der Waals surface area contributed by atoms with Crippen LogP contribution in [0, 0.1) is 24.0 Å². The third-order valence-electron chi connectivity index (χ3n) is 3.43. The summed E-state index contributed by atoms with van der Waals surface area (Å²) in [6, 6.07) is 7.27. The van der Waals surface area contributed by atoms with E-state index in [0.717, 1.165) is 11.1 Å². The molecular formula is C17H16ClNO6. The molecule has 0 atom stereocenters. The van der Waals surface area contributed by atoms with Gasteiger partial charge < -0.3 is 14.6 Å². The van der Waals surface area contributed by atoms with Crippen molar-refractivity contribution in [2.75, 3.05) is 13.2 Å². The van der Waals surface area contributed by atoms with Crippen molar-refractivity contribution < 1.29 is 24.3 Å². The van der Waals surface area contributed by atoms with Crippen molar-refractivity contribution in [2.24, 2.45) is 0 Å². The average Bonchev–Trinajstić information content (AvgIpc) is 2.55. The third kappa shape index (κ3) is 4.39. The summed E-state index contributed by atoms with van der Waals surface area (Å²) in [6.45, 7) is 3.74. The number of para-hydroxylation sites is 1. The quantitative estimate of drug-likeness (QED) is 0.452. The average molecular weight is 366 g/mol. The lowest BCUT2D eigenvalue weighted by Gasteiger charge is -2.12. The Hall–Kier alpha value is -2.80. The first-order chi connectivity index (χ1) is 11.8. The lowest BCUT2D eigenvalue weighted by atomic mass is 10.1. The molecule has 0 aliphatic carbocycles. The summed E-state index contributed by atoms with van der Waals surface area (Å²) in [5.74, 6) is -1.00. The number of aromatic carboxylic acids is 1. The number of hydrogen-bond acceptors (Lipinski definition) is 5. The van der Waals surface area contributed by atoms with Crippen molar-refractivity contribution in [1.82, 2.24) is 0 Å². The van der Waals surface area contributed by atoms with E-state index in [0.29, 0.717) is 10.8 Å². The summed E-state index contributed by atoms with van der Waals surface area (Å²) in [7, 11) is 0. The molecule has 7 nitrogen and oxygen atoms in total. The molecule has 0 bridgehead atoms. The molecule has 2 rings (SSSR count). The van der Waals surface area contributed by atoms with Crippen LogP contribution in [0.5, 0.6) is 11.5 Å². The molecule has 0 radical (unpaired) electrons. The molecule has 0 aliphatic heterocycles. The minimum atomic E-state index is -1.30. The number of nitrogens with zero attached hydrogens (tertiary/aromatic N) is 1. The second-order valence-corrected chi connectivity index (χ2v) is 5.66. The maximum atomic E-state index is 11.2. The Balaban J connectivity index is 2.07. The number of halogens is 1. The number of rotatable bonds is 7. The lowest BCUT2D eigenvalue weighted by molar-refractivity contribution is -0.385. The Kier molecular flexibility index (Phi) is 5.82. The van der Waals surface area contributed by atoms with Crippen LogP contribution in [0.15, 0.2) is 30.3 Å². The summed E-state index contributed by atoms with van der Waals surface area (Å²) >= 11 is 6.09. The fourth-order valence-corrected chi connectivity index (χ4v) is 2.39. The number of benzene rings is 2. The highest BCUT2D eigenvalue weighted by Gasteiger charge is 2.22. The number of nitro benzene ring substituents is 1. The van der Waals surface area contributed by atoms with E-state index in [1.807, 2.05) is 13.8 Å². The summed E-state index contributed by atoms with van der Waals surface area (Å²) in [6.07, 6.45) is 0. The minimum Gasteiger partial charge on any atom is -0.490 e. The summed E-state index contributed by atoms with van der Waals surface area (Å²) < 4.78 is 10.9. The predicted molar refractivity (Wildman–Crippen MR) is 92.0 cm³/mol. The van der Waals surface area contributed by atoms with Crippen molar-refractivity contribution in [2.45, 2.75) is 13.8 Å². The maximum Gasteiger partial charge on any atom is 0.339 e. The van der Waals surface area contributed by atoms with Gasteiger partial charge in [-0.05, 0) is 43.2 Å². The Morgan fingerprint density at radius 3 is 2.36 bits per heavy atom. The second-order valence-electron chi connectivity index (χ2n) is 5.28. The van der Waals surface area contributed by atoms with Crippen molar-refractivity contribution in [1.29, 1.82) is 0 Å². The lowest BCUT2D eigenvalue weighted by Crippen LogP contribution is -2.12. The van der Waals surface area contributed by atoms with Crippen LogP contribution in [0.4, 0.5) is 5.69 Å². The van der Waals surface area contributed by atoms with Crippen LogP contribution < -0.4 is 9.47 Å². The number of carboxylic acid groups (broad SMARTS) is 1. The Bertz CT molecular complexity index is 766. The molecule has 0 saturated carbocycles. The smallest absolute Gasteiger partial charge is 0.339 e. The molecule has 25 heavy (non-hydrogen) atoms. The first-order valence-electron chi connectivity index (χ1n) is 7.34. The van der Waals surface area contributed by atoms with Crippen LogP contribution in [0.2, 0.25) is 5.02 Å². The molecule has 0 aromatic heterocycles. The van der Waals surface area contributed by atoms with Crippen LogP contribution in [0.1, 0.15) is 21.5 Å². The van der Waals surface area contributed by atoms with Crippen molar-refractivity contribution in [3.05, 3.63) is 62.2 Å². The molecule has 0 unspecified atom stereocenters. The van der Waals surface area contributed by atoms with Gasteiger partial charge in [0.05, 0.1) is 4.92 Å². The summed E-state index contributed by atoms with van der Waals surface area (Å²) in [4.78, 5) is 21.6. The predicted octanol–water partition coefficient (Wildman–Crippen LogP) is 4.02. The number of nitro groups is 1. The number of aryl methyl sites for hydroxylation is 2. The van der Waals surface area contributed by atoms with Crippen LogP contribution >= 0.6 is 11.6 Å². The van der Waals surface area contributed by atoms with E-state index < -0.39 is 16.6 Å². The zero-order valence-electron chi connectivity index (χ0n) is 13.6. The third-order valence-corrected chi connectivity index (χ3v) is 4.03. The largest absolute Gasteiger partial charge is 0.490 e. The van der Waals surface area contributed by atoms with Crippen molar-refractivity contribution >= 4 is 23.3 Å². The number of carboxylic acids is 1. The van der Waals surface area contributed by atoms with Gasteiger partial charge in [0, 0.05) is 11.1 Å². The van der Waals surface area contributed by atoms with Crippen LogP contribution in [-0.2, 0) is 0 Å². The Morgan fingerprint density at radius 2 is 1.80 bits per heavy atom. The van der Waals surface area contributed by atoms with Gasteiger partial charge in [0.25, 0.3) is 0 Å². The Morgan fingerprint density at radius 1 is 1.20 bits per heavy atom. The summed E-state index contributed by atoms with van der Waals surface area (Å²) in [5.41, 5.74) is 1.05. The van der Waals surface area contributed by atoms with E-state index in [1.165, 1.54) is 18.2 Å². The van der Waals surface area contributed by atoms with Crippen LogP contribution in [-0.4, -0.2) is 29.2 Å².